The Kier molecular flexibility index (Phi) is 5.46. The van der Waals surface area contributed by atoms with E-state index in [1.54, 1.807) is 12.3 Å². The van der Waals surface area contributed by atoms with Crippen LogP contribution in [-0.4, -0.2) is 23.5 Å². The van der Waals surface area contributed by atoms with E-state index in [1.807, 2.05) is 13.0 Å². The van der Waals surface area contributed by atoms with Crippen LogP contribution in [0.5, 0.6) is 0 Å². The van der Waals surface area contributed by atoms with Crippen molar-refractivity contribution in [2.45, 2.75) is 39.7 Å². The van der Waals surface area contributed by atoms with E-state index in [0.29, 0.717) is 18.3 Å². The predicted octanol–water partition coefficient (Wildman–Crippen LogP) is 2.43. The predicted molar refractivity (Wildman–Crippen MR) is 70.2 cm³/mol. The average Bonchev–Trinajstić information content (AvgIpc) is 2.36. The maximum Gasteiger partial charge on any atom is 0.269 e. The number of anilines is 1. The molecule has 0 aromatic carbocycles. The van der Waals surface area contributed by atoms with Crippen LogP contribution in [0.25, 0.3) is 0 Å². The molecule has 0 spiro atoms. The summed E-state index contributed by atoms with van der Waals surface area (Å²) in [5, 5.41) is 6.14. The van der Waals surface area contributed by atoms with E-state index in [-0.39, 0.29) is 5.91 Å². The Morgan fingerprint density at radius 2 is 2.06 bits per heavy atom. The third kappa shape index (κ3) is 4.06. The average molecular weight is 235 g/mol. The molecule has 2 N–H and O–H groups in total. The number of aromatic nitrogens is 1. The van der Waals surface area contributed by atoms with Crippen molar-refractivity contribution in [1.82, 2.24) is 10.3 Å². The van der Waals surface area contributed by atoms with Gasteiger partial charge in [0.05, 0.1) is 0 Å². The molecule has 4 nitrogen and oxygen atoms in total. The van der Waals surface area contributed by atoms with E-state index < -0.39 is 0 Å². The summed E-state index contributed by atoms with van der Waals surface area (Å²) in [6.45, 7) is 6.80. The van der Waals surface area contributed by atoms with Crippen LogP contribution in [0.4, 0.5) is 5.69 Å². The molecule has 1 aromatic heterocycles. The summed E-state index contributed by atoms with van der Waals surface area (Å²) in [4.78, 5) is 15.7. The molecule has 4 heteroatoms. The van der Waals surface area contributed by atoms with E-state index >= 15 is 0 Å². The molecule has 0 saturated carbocycles. The highest BCUT2D eigenvalue weighted by molar-refractivity contribution is 5.93. The molecule has 1 heterocycles. The minimum atomic E-state index is -0.124. The fraction of sp³-hybridized carbons (Fsp3) is 0.538. The molecule has 0 atom stereocenters. The number of nitrogens with zero attached hydrogens (tertiary/aromatic N) is 1. The highest BCUT2D eigenvalue weighted by Crippen LogP contribution is 2.12. The Balaban J connectivity index is 2.75. The third-order valence-electron chi connectivity index (χ3n) is 2.69. The van der Waals surface area contributed by atoms with Gasteiger partial charge < -0.3 is 10.6 Å². The molecular formula is C13H21N3O. The number of hydrogen-bond acceptors (Lipinski definition) is 3. The van der Waals surface area contributed by atoms with Crippen molar-refractivity contribution >= 4 is 11.6 Å². The molecule has 17 heavy (non-hydrogen) atoms. The number of nitrogens with one attached hydrogen (secondary N) is 2. The lowest BCUT2D eigenvalue weighted by atomic mass is 10.1. The quantitative estimate of drug-likeness (QED) is 0.796. The molecule has 94 valence electrons. The molecule has 1 aromatic rings. The van der Waals surface area contributed by atoms with E-state index in [4.69, 9.17) is 0 Å². The van der Waals surface area contributed by atoms with Gasteiger partial charge in [-0.3, -0.25) is 9.78 Å². The lowest BCUT2D eigenvalue weighted by Gasteiger charge is -2.16. The molecule has 0 unspecified atom stereocenters. The molecule has 1 rings (SSSR count). The summed E-state index contributed by atoms with van der Waals surface area (Å²) in [7, 11) is 0. The first-order valence-electron chi connectivity index (χ1n) is 6.22. The second-order valence-corrected chi connectivity index (χ2v) is 3.95. The van der Waals surface area contributed by atoms with Crippen molar-refractivity contribution in [3.8, 4) is 0 Å². The minimum absolute atomic E-state index is 0.124. The smallest absolute Gasteiger partial charge is 0.269 e. The first-order chi connectivity index (χ1) is 8.21. The van der Waals surface area contributed by atoms with Gasteiger partial charge in [0, 0.05) is 24.5 Å². The lowest BCUT2D eigenvalue weighted by molar-refractivity contribution is 0.0951. The zero-order valence-electron chi connectivity index (χ0n) is 10.8. The maximum atomic E-state index is 11.6. The Morgan fingerprint density at radius 1 is 1.35 bits per heavy atom. The molecule has 0 bridgehead atoms. The van der Waals surface area contributed by atoms with Crippen LogP contribution in [0, 0.1) is 0 Å². The van der Waals surface area contributed by atoms with Crippen molar-refractivity contribution in [3.63, 3.8) is 0 Å². The summed E-state index contributed by atoms with van der Waals surface area (Å²) >= 11 is 0. The Labute approximate surface area is 103 Å². The normalized spacial score (nSPS) is 10.4. The SMILES string of the molecule is CCNC(=O)c1cc(NC(CC)CC)ccn1. The summed E-state index contributed by atoms with van der Waals surface area (Å²) < 4.78 is 0. The van der Waals surface area contributed by atoms with Crippen LogP contribution in [0.3, 0.4) is 0 Å². The van der Waals surface area contributed by atoms with Crippen LogP contribution in [0.1, 0.15) is 44.1 Å². The topological polar surface area (TPSA) is 54.0 Å². The van der Waals surface area contributed by atoms with Gasteiger partial charge in [-0.1, -0.05) is 13.8 Å². The monoisotopic (exact) mass is 235 g/mol. The van der Waals surface area contributed by atoms with Gasteiger partial charge in [0.1, 0.15) is 5.69 Å². The first kappa shape index (κ1) is 13.5. The molecule has 0 aliphatic heterocycles. The van der Waals surface area contributed by atoms with Crippen LogP contribution < -0.4 is 10.6 Å². The first-order valence-corrected chi connectivity index (χ1v) is 6.22. The second-order valence-electron chi connectivity index (χ2n) is 3.95. The van der Waals surface area contributed by atoms with Crippen LogP contribution in [0.15, 0.2) is 18.3 Å². The standard InChI is InChI=1S/C13H21N3O/c1-4-10(5-2)16-11-7-8-15-12(9-11)13(17)14-6-3/h7-10H,4-6H2,1-3H3,(H,14,17)(H,15,16). The van der Waals surface area contributed by atoms with Crippen molar-refractivity contribution in [3.05, 3.63) is 24.0 Å². The molecule has 1 amide bonds. The zero-order valence-corrected chi connectivity index (χ0v) is 10.8. The van der Waals surface area contributed by atoms with Crippen LogP contribution in [-0.2, 0) is 0 Å². The van der Waals surface area contributed by atoms with Crippen LogP contribution >= 0.6 is 0 Å². The van der Waals surface area contributed by atoms with E-state index in [2.05, 4.69) is 29.5 Å². The molecule has 0 aliphatic rings. The molecule has 0 radical (unpaired) electrons. The van der Waals surface area contributed by atoms with Crippen molar-refractivity contribution < 1.29 is 4.79 Å². The van der Waals surface area contributed by atoms with E-state index in [0.717, 1.165) is 18.5 Å². The minimum Gasteiger partial charge on any atom is -0.382 e. The molecule has 0 aliphatic carbocycles. The number of pyridine rings is 1. The number of hydrogen-bond donors (Lipinski definition) is 2. The number of carbonyl (C=O) groups excluding carboxylic acids is 1. The number of carbonyl (C=O) groups is 1. The molecule has 0 fully saturated rings. The van der Waals surface area contributed by atoms with Gasteiger partial charge in [-0.25, -0.2) is 0 Å². The Hall–Kier alpha value is -1.58. The summed E-state index contributed by atoms with van der Waals surface area (Å²) in [5.41, 5.74) is 1.41. The highest BCUT2D eigenvalue weighted by atomic mass is 16.1. The van der Waals surface area contributed by atoms with Gasteiger partial charge in [0.15, 0.2) is 0 Å². The van der Waals surface area contributed by atoms with Gasteiger partial charge in [-0.2, -0.15) is 0 Å². The fourth-order valence-corrected chi connectivity index (χ4v) is 1.62. The van der Waals surface area contributed by atoms with Crippen LogP contribution in [0.2, 0.25) is 0 Å². The summed E-state index contributed by atoms with van der Waals surface area (Å²) in [5.74, 6) is -0.124. The van der Waals surface area contributed by atoms with E-state index in [9.17, 15) is 4.79 Å². The molecular weight excluding hydrogens is 214 g/mol. The summed E-state index contributed by atoms with van der Waals surface area (Å²) in [6, 6.07) is 4.13. The van der Waals surface area contributed by atoms with Gasteiger partial charge in [-0.15, -0.1) is 0 Å². The Bertz CT molecular complexity index is 361. The van der Waals surface area contributed by atoms with Gasteiger partial charge in [0.25, 0.3) is 5.91 Å². The van der Waals surface area contributed by atoms with Crippen molar-refractivity contribution in [2.24, 2.45) is 0 Å². The zero-order chi connectivity index (χ0) is 12.7. The van der Waals surface area contributed by atoms with Crippen molar-refractivity contribution in [1.29, 1.82) is 0 Å². The Morgan fingerprint density at radius 3 is 2.65 bits per heavy atom. The lowest BCUT2D eigenvalue weighted by Crippen LogP contribution is -2.24. The van der Waals surface area contributed by atoms with E-state index in [1.165, 1.54) is 0 Å². The number of amides is 1. The number of rotatable bonds is 6. The second kappa shape index (κ2) is 6.89. The highest BCUT2D eigenvalue weighted by Gasteiger charge is 2.08. The third-order valence-corrected chi connectivity index (χ3v) is 2.69. The van der Waals surface area contributed by atoms with Crippen molar-refractivity contribution in [2.75, 3.05) is 11.9 Å². The largest absolute Gasteiger partial charge is 0.382 e. The van der Waals surface area contributed by atoms with Gasteiger partial charge >= 0.3 is 0 Å². The fourth-order valence-electron chi connectivity index (χ4n) is 1.62. The van der Waals surface area contributed by atoms with Gasteiger partial charge in [0.2, 0.25) is 0 Å². The maximum absolute atomic E-state index is 11.6. The van der Waals surface area contributed by atoms with Gasteiger partial charge in [-0.05, 0) is 31.9 Å². The molecule has 0 saturated heterocycles. The summed E-state index contributed by atoms with van der Waals surface area (Å²) in [6.07, 6.45) is 3.79.